The first-order valence-corrected chi connectivity index (χ1v) is 5.83. The van der Waals surface area contributed by atoms with E-state index in [-0.39, 0.29) is 11.8 Å². The van der Waals surface area contributed by atoms with Crippen molar-refractivity contribution in [2.45, 2.75) is 46.4 Å². The maximum Gasteiger partial charge on any atom is 0.228 e. The number of carbonyl (C=O) groups is 1. The van der Waals surface area contributed by atoms with Gasteiger partial charge in [0.05, 0.1) is 12.6 Å². The van der Waals surface area contributed by atoms with Crippen LogP contribution in [0.2, 0.25) is 0 Å². The van der Waals surface area contributed by atoms with Gasteiger partial charge in [-0.1, -0.05) is 20.8 Å². The molecular weight excluding hydrogens is 190 g/mol. The molecule has 0 aromatic heterocycles. The van der Waals surface area contributed by atoms with Gasteiger partial charge in [-0.05, 0) is 25.7 Å². The summed E-state index contributed by atoms with van der Waals surface area (Å²) in [5.74, 6) is 1.40. The summed E-state index contributed by atoms with van der Waals surface area (Å²) in [5, 5.41) is 0. The highest BCUT2D eigenvalue weighted by atomic mass is 16.5. The zero-order valence-corrected chi connectivity index (χ0v) is 10.3. The monoisotopic (exact) mass is 211 g/mol. The number of fused-ring (bicyclic) bond motifs is 1. The molecule has 0 saturated carbocycles. The van der Waals surface area contributed by atoms with Crippen LogP contribution in [0.5, 0.6) is 0 Å². The van der Waals surface area contributed by atoms with E-state index < -0.39 is 5.72 Å². The van der Waals surface area contributed by atoms with Crippen LogP contribution in [0, 0.1) is 17.8 Å². The van der Waals surface area contributed by atoms with Crippen LogP contribution in [0.4, 0.5) is 0 Å². The normalized spacial score (nSPS) is 38.9. The Hall–Kier alpha value is -0.570. The Morgan fingerprint density at radius 3 is 2.60 bits per heavy atom. The molecule has 1 amide bonds. The summed E-state index contributed by atoms with van der Waals surface area (Å²) >= 11 is 0. The molecule has 2 fully saturated rings. The largest absolute Gasteiger partial charge is 0.354 e. The van der Waals surface area contributed by atoms with Crippen LogP contribution < -0.4 is 0 Å². The van der Waals surface area contributed by atoms with Crippen molar-refractivity contribution in [3.63, 3.8) is 0 Å². The van der Waals surface area contributed by atoms with E-state index in [2.05, 4.69) is 20.8 Å². The predicted octanol–water partition coefficient (Wildman–Crippen LogP) is 1.87. The molecule has 3 heteroatoms. The third kappa shape index (κ3) is 1.40. The molecule has 0 bridgehead atoms. The van der Waals surface area contributed by atoms with Gasteiger partial charge in [-0.2, -0.15) is 0 Å². The second kappa shape index (κ2) is 3.21. The summed E-state index contributed by atoms with van der Waals surface area (Å²) in [7, 11) is 0. The van der Waals surface area contributed by atoms with Crippen LogP contribution in [0.1, 0.15) is 34.6 Å². The first kappa shape index (κ1) is 10.9. The number of carbonyl (C=O) groups excluding carboxylic acids is 1. The van der Waals surface area contributed by atoms with Crippen LogP contribution in [0.25, 0.3) is 0 Å². The van der Waals surface area contributed by atoms with Gasteiger partial charge in [-0.15, -0.1) is 0 Å². The number of hydrogen-bond acceptors (Lipinski definition) is 2. The van der Waals surface area contributed by atoms with E-state index in [9.17, 15) is 4.79 Å². The van der Waals surface area contributed by atoms with E-state index in [1.807, 2.05) is 18.7 Å². The van der Waals surface area contributed by atoms with Gasteiger partial charge in [-0.3, -0.25) is 4.79 Å². The maximum absolute atomic E-state index is 12.2. The van der Waals surface area contributed by atoms with Gasteiger partial charge < -0.3 is 9.64 Å². The van der Waals surface area contributed by atoms with E-state index >= 15 is 0 Å². The third-order valence-corrected chi connectivity index (χ3v) is 3.94. The minimum Gasteiger partial charge on any atom is -0.354 e. The lowest BCUT2D eigenvalue weighted by atomic mass is 9.82. The van der Waals surface area contributed by atoms with E-state index in [0.29, 0.717) is 24.5 Å². The van der Waals surface area contributed by atoms with Gasteiger partial charge in [-0.25, -0.2) is 0 Å². The maximum atomic E-state index is 12.2. The van der Waals surface area contributed by atoms with Gasteiger partial charge in [0.15, 0.2) is 0 Å². The molecule has 0 unspecified atom stereocenters. The highest BCUT2D eigenvalue weighted by molar-refractivity contribution is 5.82. The lowest BCUT2D eigenvalue weighted by molar-refractivity contribution is -0.144. The molecule has 2 saturated heterocycles. The number of nitrogens with zero attached hydrogens (tertiary/aromatic N) is 1. The van der Waals surface area contributed by atoms with Crippen molar-refractivity contribution < 1.29 is 9.53 Å². The molecule has 0 aliphatic carbocycles. The molecule has 2 heterocycles. The molecule has 0 aromatic rings. The van der Waals surface area contributed by atoms with Crippen LogP contribution in [0.15, 0.2) is 0 Å². The smallest absolute Gasteiger partial charge is 0.228 e. The molecule has 15 heavy (non-hydrogen) atoms. The standard InChI is InChI=1S/C12H21NO2/c1-7(2)10-8(3)11(14)13-9(10)6-15-12(13,4)5/h7-10H,6H2,1-5H3/t8-,9+,10-/m0/s1. The Labute approximate surface area is 91.8 Å². The highest BCUT2D eigenvalue weighted by Gasteiger charge is 2.56. The van der Waals surface area contributed by atoms with Crippen molar-refractivity contribution in [1.82, 2.24) is 4.90 Å². The molecule has 2 aliphatic rings. The Kier molecular flexibility index (Phi) is 2.34. The number of hydrogen-bond donors (Lipinski definition) is 0. The van der Waals surface area contributed by atoms with Crippen molar-refractivity contribution in [3.8, 4) is 0 Å². The number of rotatable bonds is 1. The summed E-state index contributed by atoms with van der Waals surface area (Å²) in [6.45, 7) is 11.1. The second-order valence-electron chi connectivity index (χ2n) is 5.64. The Balaban J connectivity index is 2.32. The fourth-order valence-corrected chi connectivity index (χ4v) is 3.28. The van der Waals surface area contributed by atoms with Crippen molar-refractivity contribution in [1.29, 1.82) is 0 Å². The van der Waals surface area contributed by atoms with Gasteiger partial charge in [0.25, 0.3) is 0 Å². The quantitative estimate of drug-likeness (QED) is 0.662. The molecule has 0 aromatic carbocycles. The molecule has 2 rings (SSSR count). The van der Waals surface area contributed by atoms with E-state index in [0.717, 1.165) is 0 Å². The topological polar surface area (TPSA) is 29.5 Å². The highest BCUT2D eigenvalue weighted by Crippen LogP contribution is 2.44. The summed E-state index contributed by atoms with van der Waals surface area (Å²) in [6.07, 6.45) is 0. The fraction of sp³-hybridized carbons (Fsp3) is 0.917. The van der Waals surface area contributed by atoms with Gasteiger partial charge in [0.2, 0.25) is 5.91 Å². The molecule has 3 nitrogen and oxygen atoms in total. The number of ether oxygens (including phenoxy) is 1. The van der Waals surface area contributed by atoms with Crippen LogP contribution in [-0.4, -0.2) is 29.2 Å². The molecule has 3 atom stereocenters. The Morgan fingerprint density at radius 1 is 1.47 bits per heavy atom. The average molecular weight is 211 g/mol. The lowest BCUT2D eigenvalue weighted by Crippen LogP contribution is -2.44. The Bertz CT molecular complexity index is 285. The molecule has 2 aliphatic heterocycles. The van der Waals surface area contributed by atoms with E-state index in [1.54, 1.807) is 0 Å². The van der Waals surface area contributed by atoms with Crippen molar-refractivity contribution >= 4 is 5.91 Å². The fourth-order valence-electron chi connectivity index (χ4n) is 3.28. The minimum atomic E-state index is -0.403. The zero-order chi connectivity index (χ0) is 11.4. The zero-order valence-electron chi connectivity index (χ0n) is 10.3. The second-order valence-corrected chi connectivity index (χ2v) is 5.64. The van der Waals surface area contributed by atoms with Crippen LogP contribution in [0.3, 0.4) is 0 Å². The first-order chi connectivity index (χ1) is 6.86. The summed E-state index contributed by atoms with van der Waals surface area (Å²) < 4.78 is 5.71. The Morgan fingerprint density at radius 2 is 2.07 bits per heavy atom. The summed E-state index contributed by atoms with van der Waals surface area (Å²) in [6, 6.07) is 0.294. The lowest BCUT2D eigenvalue weighted by Gasteiger charge is -2.30. The first-order valence-electron chi connectivity index (χ1n) is 5.83. The molecule has 0 N–H and O–H groups in total. The van der Waals surface area contributed by atoms with Gasteiger partial charge in [0, 0.05) is 5.92 Å². The molecule has 86 valence electrons. The molecule has 0 radical (unpaired) electrons. The van der Waals surface area contributed by atoms with E-state index in [4.69, 9.17) is 4.74 Å². The molecule has 0 spiro atoms. The van der Waals surface area contributed by atoms with Crippen molar-refractivity contribution in [2.75, 3.05) is 6.61 Å². The minimum absolute atomic E-state index is 0.151. The summed E-state index contributed by atoms with van der Waals surface area (Å²) in [4.78, 5) is 14.1. The SMILES string of the molecule is CC(C)[C@H]1[C@H](C)C(=O)N2[C@@H]1COC2(C)C. The van der Waals surface area contributed by atoms with Crippen molar-refractivity contribution in [3.05, 3.63) is 0 Å². The predicted molar refractivity (Wildman–Crippen MR) is 58.2 cm³/mol. The van der Waals surface area contributed by atoms with Gasteiger partial charge >= 0.3 is 0 Å². The summed E-state index contributed by atoms with van der Waals surface area (Å²) in [5.41, 5.74) is -0.403. The average Bonchev–Trinajstić information content (AvgIpc) is 2.52. The number of amides is 1. The molecular formula is C12H21NO2. The van der Waals surface area contributed by atoms with Gasteiger partial charge in [0.1, 0.15) is 5.72 Å². The van der Waals surface area contributed by atoms with Crippen molar-refractivity contribution in [2.24, 2.45) is 17.8 Å². The van der Waals surface area contributed by atoms with Crippen LogP contribution in [-0.2, 0) is 9.53 Å². The third-order valence-electron chi connectivity index (χ3n) is 3.94. The van der Waals surface area contributed by atoms with E-state index in [1.165, 1.54) is 0 Å². The van der Waals surface area contributed by atoms with Crippen LogP contribution >= 0.6 is 0 Å².